The van der Waals surface area contributed by atoms with Crippen LogP contribution in [-0.2, 0) is 9.53 Å². The lowest BCUT2D eigenvalue weighted by molar-refractivity contribution is -0.115. The van der Waals surface area contributed by atoms with Crippen LogP contribution in [0.25, 0.3) is 0 Å². The van der Waals surface area contributed by atoms with Crippen molar-refractivity contribution in [1.82, 2.24) is 10.3 Å². The van der Waals surface area contributed by atoms with Crippen LogP contribution in [0.2, 0.25) is 0 Å². The molecule has 0 radical (unpaired) electrons. The number of aromatic nitrogens is 1. The maximum atomic E-state index is 13.7. The van der Waals surface area contributed by atoms with Gasteiger partial charge < -0.3 is 25.0 Å². The molecule has 0 aliphatic carbocycles. The number of ether oxygens (including phenoxy) is 2. The molecule has 2 N–H and O–H groups in total. The van der Waals surface area contributed by atoms with Crippen molar-refractivity contribution < 1.29 is 23.5 Å². The van der Waals surface area contributed by atoms with Crippen molar-refractivity contribution >= 4 is 29.1 Å². The van der Waals surface area contributed by atoms with Crippen molar-refractivity contribution in [2.45, 2.75) is 32.2 Å². The van der Waals surface area contributed by atoms with E-state index in [2.05, 4.69) is 20.5 Å². The molecule has 1 aromatic carbocycles. The molecule has 3 heterocycles. The third-order valence-electron chi connectivity index (χ3n) is 5.42. The molecule has 3 amide bonds. The number of methoxy groups -OCH3 is 1. The zero-order valence-corrected chi connectivity index (χ0v) is 18.9. The Balaban J connectivity index is 1.51. The molecular formula is C23H28FN5O4. The Hall–Kier alpha value is -3.40. The average molecular weight is 458 g/mol. The summed E-state index contributed by atoms with van der Waals surface area (Å²) in [6, 6.07) is 7.61. The summed E-state index contributed by atoms with van der Waals surface area (Å²) in [4.78, 5) is 33.4. The molecule has 2 aromatic rings. The molecule has 2 aliphatic heterocycles. The van der Waals surface area contributed by atoms with E-state index in [1.54, 1.807) is 30.5 Å². The van der Waals surface area contributed by atoms with Crippen molar-refractivity contribution in [2.24, 2.45) is 0 Å². The summed E-state index contributed by atoms with van der Waals surface area (Å²) < 4.78 is 24.2. The summed E-state index contributed by atoms with van der Waals surface area (Å²) in [6.45, 7) is 4.60. The van der Waals surface area contributed by atoms with Crippen LogP contribution in [0.3, 0.4) is 0 Å². The molecule has 2 aliphatic rings. The van der Waals surface area contributed by atoms with Crippen LogP contribution in [-0.4, -0.2) is 56.1 Å². The Bertz CT molecular complexity index is 1020. The third kappa shape index (κ3) is 5.33. The molecule has 176 valence electrons. The molecule has 1 fully saturated rings. The lowest BCUT2D eigenvalue weighted by Crippen LogP contribution is -2.49. The minimum absolute atomic E-state index is 0.146. The molecule has 4 rings (SSSR count). The predicted molar refractivity (Wildman–Crippen MR) is 122 cm³/mol. The molecule has 1 aromatic heterocycles. The number of anilines is 3. The van der Waals surface area contributed by atoms with Crippen molar-refractivity contribution in [3.63, 3.8) is 0 Å². The second kappa shape index (κ2) is 9.22. The van der Waals surface area contributed by atoms with E-state index in [0.29, 0.717) is 17.3 Å². The number of alkyl halides is 1. The summed E-state index contributed by atoms with van der Waals surface area (Å²) in [6.07, 6.45) is 2.84. The van der Waals surface area contributed by atoms with Crippen LogP contribution in [0, 0.1) is 0 Å². The van der Waals surface area contributed by atoms with Gasteiger partial charge in [0.2, 0.25) is 11.8 Å². The molecule has 1 atom stereocenters. The molecule has 0 saturated carbocycles. The van der Waals surface area contributed by atoms with Gasteiger partial charge in [-0.15, -0.1) is 0 Å². The molecule has 33 heavy (non-hydrogen) atoms. The number of benzene rings is 1. The van der Waals surface area contributed by atoms with Gasteiger partial charge in [0.15, 0.2) is 5.82 Å². The normalized spacial score (nSPS) is 16.4. The summed E-state index contributed by atoms with van der Waals surface area (Å²) >= 11 is 0. The molecular weight excluding hydrogens is 429 g/mol. The quantitative estimate of drug-likeness (QED) is 0.663. The molecule has 1 unspecified atom stereocenters. The first-order chi connectivity index (χ1) is 15.7. The number of urea groups is 1. The summed E-state index contributed by atoms with van der Waals surface area (Å²) in [7, 11) is 1.53. The largest absolute Gasteiger partial charge is 0.459 e. The van der Waals surface area contributed by atoms with Crippen LogP contribution in [0.5, 0.6) is 5.75 Å². The first-order valence-electron chi connectivity index (χ1n) is 10.8. The van der Waals surface area contributed by atoms with Crippen molar-refractivity contribution in [3.05, 3.63) is 42.1 Å². The van der Waals surface area contributed by atoms with Gasteiger partial charge in [-0.3, -0.25) is 9.69 Å². The number of halogens is 1. The predicted octanol–water partition coefficient (Wildman–Crippen LogP) is 3.23. The SMILES string of the molecule is COCC(NC(=O)N1CC(=O)Nc2cc(N3CCC3)cnc21)c1ccc(OC(C)(C)F)cc1. The molecule has 0 spiro atoms. The Morgan fingerprint density at radius 3 is 2.64 bits per heavy atom. The van der Waals surface area contributed by atoms with Gasteiger partial charge in [-0.1, -0.05) is 12.1 Å². The minimum Gasteiger partial charge on any atom is -0.459 e. The molecule has 9 nitrogen and oxygen atoms in total. The second-order valence-electron chi connectivity index (χ2n) is 8.53. The smallest absolute Gasteiger partial charge is 0.324 e. The van der Waals surface area contributed by atoms with E-state index in [4.69, 9.17) is 9.47 Å². The summed E-state index contributed by atoms with van der Waals surface area (Å²) in [5.74, 6) is -1.33. The Morgan fingerprint density at radius 2 is 2.03 bits per heavy atom. The summed E-state index contributed by atoms with van der Waals surface area (Å²) in [5, 5.41) is 5.71. The first kappa shape index (κ1) is 22.8. The van der Waals surface area contributed by atoms with Gasteiger partial charge in [-0.2, -0.15) is 4.39 Å². The monoisotopic (exact) mass is 457 g/mol. The Labute approximate surface area is 191 Å². The van der Waals surface area contributed by atoms with Crippen LogP contribution >= 0.6 is 0 Å². The van der Waals surface area contributed by atoms with Gasteiger partial charge in [-0.25, -0.2) is 9.78 Å². The van der Waals surface area contributed by atoms with Crippen LogP contribution in [0.4, 0.5) is 26.4 Å². The average Bonchev–Trinajstić information content (AvgIpc) is 2.70. The van der Waals surface area contributed by atoms with Gasteiger partial charge in [0, 0.05) is 34.0 Å². The fraction of sp³-hybridized carbons (Fsp3) is 0.435. The first-order valence-corrected chi connectivity index (χ1v) is 10.8. The van der Waals surface area contributed by atoms with Gasteiger partial charge >= 0.3 is 6.03 Å². The maximum Gasteiger partial charge on any atom is 0.324 e. The summed E-state index contributed by atoms with van der Waals surface area (Å²) in [5.41, 5.74) is 2.17. The Morgan fingerprint density at radius 1 is 1.30 bits per heavy atom. The lowest BCUT2D eigenvalue weighted by Gasteiger charge is -2.35. The number of nitrogens with one attached hydrogen (secondary N) is 2. The Kier molecular flexibility index (Phi) is 6.37. The number of hydrogen-bond donors (Lipinski definition) is 2. The van der Waals surface area contributed by atoms with E-state index in [-0.39, 0.29) is 19.1 Å². The second-order valence-corrected chi connectivity index (χ2v) is 8.53. The third-order valence-corrected chi connectivity index (χ3v) is 5.42. The van der Waals surface area contributed by atoms with Gasteiger partial charge in [0.25, 0.3) is 0 Å². The van der Waals surface area contributed by atoms with Crippen molar-refractivity contribution in [2.75, 3.05) is 48.5 Å². The van der Waals surface area contributed by atoms with Crippen molar-refractivity contribution in [3.8, 4) is 5.75 Å². The van der Waals surface area contributed by atoms with E-state index in [1.807, 2.05) is 6.07 Å². The number of hydrogen-bond acceptors (Lipinski definition) is 6. The van der Waals surface area contributed by atoms with E-state index >= 15 is 0 Å². The standard InChI is InChI=1S/C23H28FN5O4/c1-23(2,24)33-17-7-5-15(6-8-17)19(14-32-3)27-22(31)29-13-20(30)26-18-11-16(12-25-21(18)29)28-9-4-10-28/h5-8,11-12,19H,4,9-10,13-14H2,1-3H3,(H,26,30)(H,27,31). The van der Waals surface area contributed by atoms with Gasteiger partial charge in [-0.05, 0) is 30.2 Å². The minimum atomic E-state index is -1.80. The van der Waals surface area contributed by atoms with Crippen LogP contribution in [0.1, 0.15) is 31.9 Å². The fourth-order valence-corrected chi connectivity index (χ4v) is 3.74. The number of carbonyl (C=O) groups is 2. The van der Waals surface area contributed by atoms with E-state index < -0.39 is 17.9 Å². The van der Waals surface area contributed by atoms with Crippen LogP contribution in [0.15, 0.2) is 36.5 Å². The van der Waals surface area contributed by atoms with Crippen molar-refractivity contribution in [1.29, 1.82) is 0 Å². The van der Waals surface area contributed by atoms with Gasteiger partial charge in [0.1, 0.15) is 12.3 Å². The zero-order valence-electron chi connectivity index (χ0n) is 18.9. The topological polar surface area (TPSA) is 96.0 Å². The number of rotatable bonds is 7. The lowest BCUT2D eigenvalue weighted by atomic mass is 10.1. The van der Waals surface area contributed by atoms with E-state index in [9.17, 15) is 14.0 Å². The van der Waals surface area contributed by atoms with E-state index in [0.717, 1.165) is 30.8 Å². The van der Waals surface area contributed by atoms with Gasteiger partial charge in [0.05, 0.1) is 30.2 Å². The number of fused-ring (bicyclic) bond motifs is 1. The number of nitrogens with zero attached hydrogens (tertiary/aromatic N) is 3. The highest BCUT2D eigenvalue weighted by molar-refractivity contribution is 6.08. The fourth-order valence-electron chi connectivity index (χ4n) is 3.74. The van der Waals surface area contributed by atoms with Crippen LogP contribution < -0.4 is 25.2 Å². The highest BCUT2D eigenvalue weighted by Crippen LogP contribution is 2.32. The molecule has 1 saturated heterocycles. The highest BCUT2D eigenvalue weighted by Gasteiger charge is 2.31. The zero-order chi connectivity index (χ0) is 23.6. The molecule has 10 heteroatoms. The number of amides is 3. The maximum absolute atomic E-state index is 13.7. The number of carbonyl (C=O) groups excluding carboxylic acids is 2. The highest BCUT2D eigenvalue weighted by atomic mass is 19.2. The van der Waals surface area contributed by atoms with E-state index in [1.165, 1.54) is 25.9 Å². The number of pyridine rings is 1. The molecule has 0 bridgehead atoms.